The lowest BCUT2D eigenvalue weighted by Gasteiger charge is -2.40. The van der Waals surface area contributed by atoms with Crippen LogP contribution in [-0.2, 0) is 9.59 Å². The first kappa shape index (κ1) is 29.4. The number of carbonyl (C=O) groups is 2. The summed E-state index contributed by atoms with van der Waals surface area (Å²) < 4.78 is 59.7. The van der Waals surface area contributed by atoms with Gasteiger partial charge in [-0.2, -0.15) is 8.78 Å². The molecule has 0 aliphatic heterocycles. The van der Waals surface area contributed by atoms with Gasteiger partial charge in [0, 0.05) is 17.5 Å². The summed E-state index contributed by atoms with van der Waals surface area (Å²) in [6, 6.07) is 0.0723. The Morgan fingerprint density at radius 2 is 1.38 bits per heavy atom. The van der Waals surface area contributed by atoms with Gasteiger partial charge in [0.05, 0.1) is 5.92 Å². The van der Waals surface area contributed by atoms with E-state index in [0.29, 0.717) is 19.3 Å². The molecule has 37 heavy (non-hydrogen) atoms. The van der Waals surface area contributed by atoms with Crippen molar-refractivity contribution < 1.29 is 31.9 Å². The molecule has 0 heterocycles. The minimum Gasteiger partial charge on any atom is -0.420 e. The van der Waals surface area contributed by atoms with E-state index in [2.05, 4.69) is 19.2 Å². The molecule has 208 valence electrons. The van der Waals surface area contributed by atoms with Gasteiger partial charge in [0.25, 0.3) is 0 Å². The van der Waals surface area contributed by atoms with Gasteiger partial charge in [-0.15, -0.1) is 0 Å². The third-order valence-electron chi connectivity index (χ3n) is 8.13. The Balaban J connectivity index is 1.56. The van der Waals surface area contributed by atoms with Crippen LogP contribution in [0.3, 0.4) is 0 Å². The second-order valence-electron chi connectivity index (χ2n) is 11.1. The van der Waals surface area contributed by atoms with Gasteiger partial charge in [0.15, 0.2) is 11.6 Å². The van der Waals surface area contributed by atoms with E-state index < -0.39 is 46.4 Å². The molecule has 1 aromatic carbocycles. The molecule has 4 nitrogen and oxygen atoms in total. The van der Waals surface area contributed by atoms with Crippen molar-refractivity contribution in [1.82, 2.24) is 5.32 Å². The molecule has 1 unspecified atom stereocenters. The van der Waals surface area contributed by atoms with Crippen molar-refractivity contribution in [3.05, 3.63) is 29.3 Å². The van der Waals surface area contributed by atoms with Crippen molar-refractivity contribution in [1.29, 1.82) is 0 Å². The summed E-state index contributed by atoms with van der Waals surface area (Å²) in [6.07, 6.45) is 14.5. The first-order valence-electron chi connectivity index (χ1n) is 14.1. The summed E-state index contributed by atoms with van der Waals surface area (Å²) in [5.41, 5.74) is -0.529. The lowest BCUT2D eigenvalue weighted by atomic mass is 9.75. The Morgan fingerprint density at radius 3 is 1.95 bits per heavy atom. The fourth-order valence-electron chi connectivity index (χ4n) is 5.99. The average molecular weight is 528 g/mol. The summed E-state index contributed by atoms with van der Waals surface area (Å²) in [5, 5.41) is 3.20. The number of hydrogen-bond acceptors (Lipinski definition) is 3. The summed E-state index contributed by atoms with van der Waals surface area (Å²) in [6.45, 7) is 4.34. The van der Waals surface area contributed by atoms with Gasteiger partial charge in [-0.25, -0.2) is 8.78 Å². The fourth-order valence-corrected chi connectivity index (χ4v) is 5.99. The van der Waals surface area contributed by atoms with Crippen molar-refractivity contribution in [2.24, 2.45) is 17.8 Å². The summed E-state index contributed by atoms with van der Waals surface area (Å²) in [7, 11) is 0. The molecular weight excluding hydrogens is 486 g/mol. The average Bonchev–Trinajstić information content (AvgIpc) is 3.39. The quantitative estimate of drug-likeness (QED) is 0.0785. The van der Waals surface area contributed by atoms with Crippen LogP contribution < -0.4 is 10.1 Å². The van der Waals surface area contributed by atoms with E-state index in [0.717, 1.165) is 51.4 Å². The van der Waals surface area contributed by atoms with E-state index in [-0.39, 0.29) is 23.8 Å². The van der Waals surface area contributed by atoms with Crippen LogP contribution in [0.25, 0.3) is 0 Å². The molecule has 3 aliphatic rings. The minimum atomic E-state index is -1.73. The number of esters is 1. The van der Waals surface area contributed by atoms with Crippen molar-refractivity contribution in [3.8, 4) is 5.75 Å². The van der Waals surface area contributed by atoms with Crippen LogP contribution in [0.1, 0.15) is 110 Å². The molecule has 2 bridgehead atoms. The maximum absolute atomic E-state index is 14.0. The van der Waals surface area contributed by atoms with Crippen LogP contribution in [-0.4, -0.2) is 17.4 Å². The van der Waals surface area contributed by atoms with E-state index >= 15 is 0 Å². The number of halogens is 4. The van der Waals surface area contributed by atoms with Gasteiger partial charge in [0.1, 0.15) is 0 Å². The number of rotatable bonds is 16. The maximum Gasteiger partial charge on any atom is 0.314 e. The summed E-state index contributed by atoms with van der Waals surface area (Å²) >= 11 is 0. The smallest absolute Gasteiger partial charge is 0.314 e. The first-order chi connectivity index (χ1) is 17.7. The molecule has 0 spiro atoms. The number of nitrogens with one attached hydrogen (secondary N) is 1. The minimum absolute atomic E-state index is 0.0156. The number of unbranched alkanes of at least 4 members (excludes halogenated alkanes) is 8. The van der Waals surface area contributed by atoms with Gasteiger partial charge in [0.2, 0.25) is 23.3 Å². The Morgan fingerprint density at radius 1 is 0.865 bits per heavy atom. The van der Waals surface area contributed by atoms with Crippen molar-refractivity contribution in [3.63, 3.8) is 0 Å². The number of carbonyl (C=O) groups excluding carboxylic acids is 2. The standard InChI is InChI=1S/C29H41F4NO3/c1-3-5-7-9-10-12-14-19(13-11-8-6-4-2)27(35)34-29-16-20(17-29)21(18-29)28(36)37-26-24(32)22(30)15-23(31)25(26)33/h15,19-21H,3-14,16-18H2,1-2H3,(H,34,35)/t19?,20?,21-,29?/m1/s1. The Hall–Kier alpha value is -2.12. The molecule has 4 rings (SSSR count). The number of ether oxygens (including phenoxy) is 1. The molecule has 3 fully saturated rings. The van der Waals surface area contributed by atoms with E-state index in [1.165, 1.54) is 25.7 Å². The van der Waals surface area contributed by atoms with E-state index in [9.17, 15) is 27.2 Å². The molecule has 0 radical (unpaired) electrons. The second-order valence-corrected chi connectivity index (χ2v) is 11.1. The molecule has 2 atom stereocenters. The van der Waals surface area contributed by atoms with Gasteiger partial charge in [-0.3, -0.25) is 9.59 Å². The zero-order chi connectivity index (χ0) is 27.0. The predicted molar refractivity (Wildman–Crippen MR) is 134 cm³/mol. The molecule has 0 saturated heterocycles. The first-order valence-corrected chi connectivity index (χ1v) is 14.1. The van der Waals surface area contributed by atoms with Crippen molar-refractivity contribution >= 4 is 11.9 Å². The van der Waals surface area contributed by atoms with Gasteiger partial charge in [-0.1, -0.05) is 78.1 Å². The fraction of sp³-hybridized carbons (Fsp3) is 0.724. The van der Waals surface area contributed by atoms with Gasteiger partial charge in [-0.05, 0) is 38.0 Å². The normalized spacial score (nSPS) is 23.0. The lowest BCUT2D eigenvalue weighted by Crippen LogP contribution is -2.53. The predicted octanol–water partition coefficient (Wildman–Crippen LogP) is 7.77. The molecule has 1 amide bonds. The number of fused-ring (bicyclic) bond motifs is 1. The zero-order valence-corrected chi connectivity index (χ0v) is 22.2. The number of benzene rings is 1. The number of amides is 1. The second kappa shape index (κ2) is 13.6. The Bertz CT molecular complexity index is 906. The highest BCUT2D eigenvalue weighted by atomic mass is 19.2. The third-order valence-corrected chi connectivity index (χ3v) is 8.13. The third kappa shape index (κ3) is 7.47. The van der Waals surface area contributed by atoms with Gasteiger partial charge >= 0.3 is 5.97 Å². The van der Waals surface area contributed by atoms with Crippen LogP contribution in [0, 0.1) is 41.0 Å². The van der Waals surface area contributed by atoms with Crippen LogP contribution in [0.4, 0.5) is 17.6 Å². The van der Waals surface area contributed by atoms with Crippen LogP contribution in [0.15, 0.2) is 6.07 Å². The van der Waals surface area contributed by atoms with Gasteiger partial charge < -0.3 is 10.1 Å². The molecule has 1 aromatic rings. The lowest BCUT2D eigenvalue weighted by molar-refractivity contribution is -0.140. The summed E-state index contributed by atoms with van der Waals surface area (Å²) in [5.74, 6) is -9.84. The van der Waals surface area contributed by atoms with Crippen LogP contribution in [0.2, 0.25) is 0 Å². The topological polar surface area (TPSA) is 55.4 Å². The summed E-state index contributed by atoms with van der Waals surface area (Å²) in [4.78, 5) is 26.0. The van der Waals surface area contributed by atoms with Crippen molar-refractivity contribution in [2.75, 3.05) is 0 Å². The van der Waals surface area contributed by atoms with Crippen molar-refractivity contribution in [2.45, 2.75) is 116 Å². The number of hydrogen-bond donors (Lipinski definition) is 1. The highest BCUT2D eigenvalue weighted by molar-refractivity contribution is 5.81. The Labute approximate surface area is 217 Å². The molecule has 8 heteroatoms. The maximum atomic E-state index is 14.0. The Kier molecular flexibility index (Phi) is 10.8. The highest BCUT2D eigenvalue weighted by Gasteiger charge is 2.59. The zero-order valence-electron chi connectivity index (χ0n) is 22.2. The molecular formula is C29H41F4NO3. The monoisotopic (exact) mass is 527 g/mol. The molecule has 0 aromatic heterocycles. The highest BCUT2D eigenvalue weighted by Crippen LogP contribution is 2.56. The van der Waals surface area contributed by atoms with E-state index in [1.54, 1.807) is 0 Å². The van der Waals surface area contributed by atoms with E-state index in [4.69, 9.17) is 4.74 Å². The SMILES string of the molecule is CCCCCCCCC(CCCCCC)C(=O)NC12CC(C1)[C@H](C(=O)Oc1c(F)c(F)cc(F)c1F)C2. The molecule has 1 N–H and O–H groups in total. The molecule has 3 saturated carbocycles. The molecule has 3 aliphatic carbocycles. The van der Waals surface area contributed by atoms with Crippen LogP contribution in [0.5, 0.6) is 5.75 Å². The van der Waals surface area contributed by atoms with Crippen LogP contribution >= 0.6 is 0 Å². The largest absolute Gasteiger partial charge is 0.420 e. The van der Waals surface area contributed by atoms with E-state index in [1.807, 2.05) is 0 Å².